The molecular weight excluding hydrogens is 526 g/mol. The van der Waals surface area contributed by atoms with Gasteiger partial charge in [-0.25, -0.2) is 9.38 Å². The first-order valence-electron chi connectivity index (χ1n) is 10.2. The van der Waals surface area contributed by atoms with Crippen LogP contribution in [0.2, 0.25) is 0 Å². The molecule has 1 unspecified atom stereocenters. The van der Waals surface area contributed by atoms with Gasteiger partial charge in [0, 0.05) is 20.6 Å². The van der Waals surface area contributed by atoms with Gasteiger partial charge in [-0.05, 0) is 43.7 Å². The molecule has 1 atom stereocenters. The van der Waals surface area contributed by atoms with E-state index in [1.807, 2.05) is 32.0 Å². The minimum atomic E-state index is -0.385. The summed E-state index contributed by atoms with van der Waals surface area (Å²) in [6, 6.07) is 13.8. The average molecular weight is 558 g/mol. The van der Waals surface area contributed by atoms with Crippen molar-refractivity contribution in [3.05, 3.63) is 59.9 Å². The number of carbonyl (C=O) groups excluding carboxylic acids is 1. The van der Waals surface area contributed by atoms with Crippen LogP contribution in [-0.4, -0.2) is 56.7 Å². The fourth-order valence-corrected chi connectivity index (χ4v) is 2.56. The first kappa shape index (κ1) is 27.5. The average Bonchev–Trinajstić information content (AvgIpc) is 2.75. The number of amides is 1. The molecule has 0 heterocycles. The van der Waals surface area contributed by atoms with Crippen LogP contribution in [0.1, 0.15) is 19.4 Å². The van der Waals surface area contributed by atoms with Crippen molar-refractivity contribution in [3.8, 4) is 11.5 Å². The van der Waals surface area contributed by atoms with Crippen molar-refractivity contribution in [2.75, 3.05) is 33.8 Å². The topological polar surface area (TPSA) is 75.2 Å². The van der Waals surface area contributed by atoms with E-state index in [-0.39, 0.29) is 54.2 Å². The van der Waals surface area contributed by atoms with Crippen molar-refractivity contribution < 1.29 is 18.7 Å². The van der Waals surface area contributed by atoms with Gasteiger partial charge in [-0.2, -0.15) is 0 Å². The third kappa shape index (κ3) is 9.71. The molecule has 9 heteroatoms. The fraction of sp³-hybridized carbons (Fsp3) is 0.391. The zero-order valence-electron chi connectivity index (χ0n) is 18.9. The van der Waals surface area contributed by atoms with Gasteiger partial charge in [0.05, 0.1) is 13.1 Å². The van der Waals surface area contributed by atoms with Crippen LogP contribution in [0.4, 0.5) is 4.39 Å². The summed E-state index contributed by atoms with van der Waals surface area (Å²) >= 11 is 0. The Kier molecular flexibility index (Phi) is 12.4. The van der Waals surface area contributed by atoms with Crippen LogP contribution < -0.4 is 20.1 Å². The molecule has 1 amide bonds. The van der Waals surface area contributed by atoms with Crippen LogP contribution in [0, 0.1) is 5.82 Å². The van der Waals surface area contributed by atoms with E-state index < -0.39 is 0 Å². The number of ether oxygens (including phenoxy) is 2. The van der Waals surface area contributed by atoms with Crippen molar-refractivity contribution in [1.82, 2.24) is 15.5 Å². The molecule has 2 aromatic rings. The summed E-state index contributed by atoms with van der Waals surface area (Å²) in [5.41, 5.74) is 0.947. The molecule has 0 fully saturated rings. The lowest BCUT2D eigenvalue weighted by Crippen LogP contribution is -2.41. The van der Waals surface area contributed by atoms with Gasteiger partial charge in [0.25, 0.3) is 5.91 Å². The molecule has 0 saturated carbocycles. The number of nitrogens with zero attached hydrogens (tertiary/aromatic N) is 2. The second kappa shape index (κ2) is 14.5. The van der Waals surface area contributed by atoms with Gasteiger partial charge < -0.3 is 25.0 Å². The number of para-hydroxylation sites is 1. The predicted molar refractivity (Wildman–Crippen MR) is 135 cm³/mol. The quantitative estimate of drug-likeness (QED) is 0.266. The molecule has 32 heavy (non-hydrogen) atoms. The van der Waals surface area contributed by atoms with Crippen LogP contribution >= 0.6 is 24.0 Å². The number of aliphatic imine (C=N–C) groups is 1. The minimum absolute atomic E-state index is 0. The number of hydrogen-bond donors (Lipinski definition) is 2. The maximum Gasteiger partial charge on any atom is 0.259 e. The number of rotatable bonds is 10. The molecule has 0 saturated heterocycles. The predicted octanol–water partition coefficient (Wildman–Crippen LogP) is 3.43. The minimum Gasteiger partial charge on any atom is -0.486 e. The lowest BCUT2D eigenvalue weighted by atomic mass is 10.2. The van der Waals surface area contributed by atoms with Gasteiger partial charge >= 0.3 is 0 Å². The lowest BCUT2D eigenvalue weighted by molar-refractivity contribution is -0.130. The van der Waals surface area contributed by atoms with E-state index in [2.05, 4.69) is 15.6 Å². The Balaban J connectivity index is 0.00000512. The monoisotopic (exact) mass is 558 g/mol. The fourth-order valence-electron chi connectivity index (χ4n) is 2.56. The van der Waals surface area contributed by atoms with Gasteiger partial charge in [-0.3, -0.25) is 4.79 Å². The SMILES string of the molecule is CCNC(=NCc1cccc(OCC(=O)N(C)C)c1)NCC(C)Oc1ccccc1F.I. The zero-order chi connectivity index (χ0) is 22.6. The molecule has 0 aliphatic heterocycles. The van der Waals surface area contributed by atoms with E-state index in [9.17, 15) is 9.18 Å². The van der Waals surface area contributed by atoms with Crippen molar-refractivity contribution in [2.24, 2.45) is 4.99 Å². The zero-order valence-corrected chi connectivity index (χ0v) is 21.3. The third-order valence-corrected chi connectivity index (χ3v) is 4.25. The summed E-state index contributed by atoms with van der Waals surface area (Å²) in [5.74, 6) is 0.981. The van der Waals surface area contributed by atoms with Crippen LogP contribution in [0.3, 0.4) is 0 Å². The van der Waals surface area contributed by atoms with Crippen LogP contribution in [-0.2, 0) is 11.3 Å². The Morgan fingerprint density at radius 1 is 1.16 bits per heavy atom. The van der Waals surface area contributed by atoms with Crippen LogP contribution in [0.5, 0.6) is 11.5 Å². The first-order valence-corrected chi connectivity index (χ1v) is 10.2. The number of hydrogen-bond acceptors (Lipinski definition) is 4. The summed E-state index contributed by atoms with van der Waals surface area (Å²) in [5, 5.41) is 6.39. The van der Waals surface area contributed by atoms with E-state index in [1.54, 1.807) is 38.4 Å². The molecule has 2 rings (SSSR count). The molecule has 7 nitrogen and oxygen atoms in total. The van der Waals surface area contributed by atoms with Crippen LogP contribution in [0.25, 0.3) is 0 Å². The third-order valence-electron chi connectivity index (χ3n) is 4.25. The Labute approximate surface area is 206 Å². The molecular formula is C23H32FIN4O3. The van der Waals surface area contributed by atoms with Crippen molar-refractivity contribution in [2.45, 2.75) is 26.5 Å². The number of guanidine groups is 1. The van der Waals surface area contributed by atoms with Crippen molar-refractivity contribution in [1.29, 1.82) is 0 Å². The molecule has 0 radical (unpaired) electrons. The van der Waals surface area contributed by atoms with Crippen molar-refractivity contribution >= 4 is 35.8 Å². The second-order valence-corrected chi connectivity index (χ2v) is 7.16. The normalized spacial score (nSPS) is 11.7. The molecule has 0 aliphatic carbocycles. The summed E-state index contributed by atoms with van der Waals surface area (Å²) in [6.45, 7) is 5.41. The molecule has 2 N–H and O–H groups in total. The Bertz CT molecular complexity index is 880. The first-order chi connectivity index (χ1) is 14.9. The highest BCUT2D eigenvalue weighted by atomic mass is 127. The van der Waals surface area contributed by atoms with E-state index in [1.165, 1.54) is 11.0 Å². The van der Waals surface area contributed by atoms with Crippen molar-refractivity contribution in [3.63, 3.8) is 0 Å². The summed E-state index contributed by atoms with van der Waals surface area (Å²) in [6.07, 6.45) is -0.258. The molecule has 0 aromatic heterocycles. The summed E-state index contributed by atoms with van der Waals surface area (Å²) in [4.78, 5) is 17.7. The number of benzene rings is 2. The van der Waals surface area contributed by atoms with E-state index in [0.717, 1.165) is 5.56 Å². The van der Waals surface area contributed by atoms with Gasteiger partial charge in [-0.15, -0.1) is 24.0 Å². The molecule has 0 spiro atoms. The van der Waals surface area contributed by atoms with Crippen LogP contribution in [0.15, 0.2) is 53.5 Å². The van der Waals surface area contributed by atoms with E-state index >= 15 is 0 Å². The highest BCUT2D eigenvalue weighted by Gasteiger charge is 2.09. The molecule has 176 valence electrons. The van der Waals surface area contributed by atoms with Gasteiger partial charge in [-0.1, -0.05) is 24.3 Å². The van der Waals surface area contributed by atoms with Gasteiger partial charge in [0.1, 0.15) is 11.9 Å². The number of carbonyl (C=O) groups is 1. The Morgan fingerprint density at radius 2 is 1.91 bits per heavy atom. The number of nitrogens with one attached hydrogen (secondary N) is 2. The maximum atomic E-state index is 13.7. The Hall–Kier alpha value is -2.56. The summed E-state index contributed by atoms with van der Waals surface area (Å²) < 4.78 is 24.9. The number of halogens is 2. The largest absolute Gasteiger partial charge is 0.486 e. The van der Waals surface area contributed by atoms with E-state index in [0.29, 0.717) is 31.3 Å². The lowest BCUT2D eigenvalue weighted by Gasteiger charge is -2.18. The Morgan fingerprint density at radius 3 is 2.59 bits per heavy atom. The second-order valence-electron chi connectivity index (χ2n) is 7.16. The summed E-state index contributed by atoms with van der Waals surface area (Å²) in [7, 11) is 3.38. The molecule has 0 aliphatic rings. The highest BCUT2D eigenvalue weighted by molar-refractivity contribution is 14.0. The highest BCUT2D eigenvalue weighted by Crippen LogP contribution is 2.17. The van der Waals surface area contributed by atoms with E-state index in [4.69, 9.17) is 9.47 Å². The molecule has 0 bridgehead atoms. The molecule has 2 aromatic carbocycles. The van der Waals surface area contributed by atoms with Gasteiger partial charge in [0.15, 0.2) is 24.1 Å². The van der Waals surface area contributed by atoms with Gasteiger partial charge in [0.2, 0.25) is 0 Å². The standard InChI is InChI=1S/C23H31FN4O3.HI/c1-5-25-23(26-14-17(2)31-21-12-7-6-11-20(21)24)27-15-18-9-8-10-19(13-18)30-16-22(29)28(3)4;/h6-13,17H,5,14-16H2,1-4H3,(H2,25,26,27);1H. The number of likely N-dealkylation sites (N-methyl/N-ethyl adjacent to an activating group) is 1. The smallest absolute Gasteiger partial charge is 0.259 e. The maximum absolute atomic E-state index is 13.7.